The van der Waals surface area contributed by atoms with Gasteiger partial charge in [0.05, 0.1) is 5.69 Å². The highest BCUT2D eigenvalue weighted by Crippen LogP contribution is 2.36. The first-order valence-corrected chi connectivity index (χ1v) is 7.84. The molecule has 2 aromatic carbocycles. The SMILES string of the molecule is O=CNNc1ccc(NC(=O)Nc2cccc(C3(S)N=NN=N3)c2)cc1. The van der Waals surface area contributed by atoms with Crippen LogP contribution in [0.15, 0.2) is 69.2 Å². The fourth-order valence-corrected chi connectivity index (χ4v) is 2.37. The van der Waals surface area contributed by atoms with Gasteiger partial charge in [-0.2, -0.15) is 0 Å². The summed E-state index contributed by atoms with van der Waals surface area (Å²) >= 11 is 4.34. The summed E-state index contributed by atoms with van der Waals surface area (Å²) in [6, 6.07) is 13.3. The first-order valence-electron chi connectivity index (χ1n) is 7.39. The molecular formula is C15H14N8O2S. The third kappa shape index (κ3) is 4.13. The molecule has 0 unspecified atom stereocenters. The predicted octanol–water partition coefficient (Wildman–Crippen LogP) is 3.28. The molecule has 0 saturated heterocycles. The van der Waals surface area contributed by atoms with Crippen molar-refractivity contribution >= 4 is 42.1 Å². The number of carbonyl (C=O) groups excluding carboxylic acids is 2. The van der Waals surface area contributed by atoms with Gasteiger partial charge in [-0.3, -0.25) is 15.6 Å². The number of nitrogens with one attached hydrogen (secondary N) is 4. The first-order chi connectivity index (χ1) is 12.6. The lowest BCUT2D eigenvalue weighted by Gasteiger charge is -2.14. The predicted molar refractivity (Wildman–Crippen MR) is 98.7 cm³/mol. The first kappa shape index (κ1) is 17.4. The molecule has 132 valence electrons. The molecule has 1 aliphatic rings. The minimum absolute atomic E-state index is 0.420. The average Bonchev–Trinajstić information content (AvgIpc) is 3.09. The highest BCUT2D eigenvalue weighted by molar-refractivity contribution is 7.81. The van der Waals surface area contributed by atoms with Crippen molar-refractivity contribution in [2.24, 2.45) is 20.7 Å². The second-order valence-electron chi connectivity index (χ2n) is 5.14. The lowest BCUT2D eigenvalue weighted by atomic mass is 10.1. The second kappa shape index (κ2) is 7.61. The van der Waals surface area contributed by atoms with Crippen LogP contribution in [0.5, 0.6) is 0 Å². The lowest BCUT2D eigenvalue weighted by Crippen LogP contribution is -2.20. The van der Waals surface area contributed by atoms with Crippen LogP contribution in [0.1, 0.15) is 5.56 Å². The largest absolute Gasteiger partial charge is 0.323 e. The van der Waals surface area contributed by atoms with Gasteiger partial charge < -0.3 is 10.6 Å². The zero-order valence-corrected chi connectivity index (χ0v) is 14.1. The topological polar surface area (TPSA) is 132 Å². The average molecular weight is 370 g/mol. The van der Waals surface area contributed by atoms with Crippen LogP contribution in [0.4, 0.5) is 21.9 Å². The molecule has 0 aromatic heterocycles. The van der Waals surface area contributed by atoms with E-state index < -0.39 is 11.0 Å². The van der Waals surface area contributed by atoms with Crippen molar-refractivity contribution < 1.29 is 9.59 Å². The minimum Gasteiger partial charge on any atom is -0.308 e. The van der Waals surface area contributed by atoms with E-state index in [1.165, 1.54) is 0 Å². The Morgan fingerprint density at radius 1 is 0.962 bits per heavy atom. The summed E-state index contributed by atoms with van der Waals surface area (Å²) < 4.78 is 0. The van der Waals surface area contributed by atoms with Crippen LogP contribution < -0.4 is 21.5 Å². The van der Waals surface area contributed by atoms with E-state index in [9.17, 15) is 9.59 Å². The van der Waals surface area contributed by atoms with E-state index in [0.717, 1.165) is 0 Å². The number of rotatable bonds is 6. The van der Waals surface area contributed by atoms with Crippen LogP contribution in [-0.2, 0) is 9.79 Å². The maximum absolute atomic E-state index is 12.2. The zero-order valence-electron chi connectivity index (χ0n) is 13.2. The molecule has 0 fully saturated rings. The van der Waals surface area contributed by atoms with Crippen LogP contribution in [0, 0.1) is 0 Å². The molecule has 11 heteroatoms. The van der Waals surface area contributed by atoms with Crippen molar-refractivity contribution in [1.82, 2.24) is 5.43 Å². The Morgan fingerprint density at radius 3 is 2.31 bits per heavy atom. The van der Waals surface area contributed by atoms with E-state index >= 15 is 0 Å². The number of carbonyl (C=O) groups is 2. The van der Waals surface area contributed by atoms with Gasteiger partial charge >= 0.3 is 6.03 Å². The quantitative estimate of drug-likeness (QED) is 0.304. The molecule has 0 aliphatic carbocycles. The van der Waals surface area contributed by atoms with E-state index in [-0.39, 0.29) is 0 Å². The maximum Gasteiger partial charge on any atom is 0.323 e. The Kier molecular flexibility index (Phi) is 5.08. The number of urea groups is 1. The lowest BCUT2D eigenvalue weighted by molar-refractivity contribution is -0.109. The molecule has 1 heterocycles. The summed E-state index contributed by atoms with van der Waals surface area (Å²) in [5.74, 6) is 0. The highest BCUT2D eigenvalue weighted by atomic mass is 32.1. The van der Waals surface area contributed by atoms with Gasteiger partial charge in [-0.15, -0.1) is 22.9 Å². The molecule has 1 aliphatic heterocycles. The van der Waals surface area contributed by atoms with Crippen LogP contribution >= 0.6 is 12.6 Å². The normalized spacial score (nSPS) is 13.9. The van der Waals surface area contributed by atoms with Crippen molar-refractivity contribution in [2.75, 3.05) is 16.1 Å². The Balaban J connectivity index is 1.62. The van der Waals surface area contributed by atoms with Crippen molar-refractivity contribution in [2.45, 2.75) is 4.99 Å². The van der Waals surface area contributed by atoms with Crippen molar-refractivity contribution in [3.05, 3.63) is 54.1 Å². The molecule has 0 bridgehead atoms. The summed E-state index contributed by atoms with van der Waals surface area (Å²) in [5.41, 5.74) is 7.41. The third-order valence-electron chi connectivity index (χ3n) is 3.33. The molecule has 0 radical (unpaired) electrons. The van der Waals surface area contributed by atoms with Gasteiger partial charge in [-0.05, 0) is 46.8 Å². The van der Waals surface area contributed by atoms with Gasteiger partial charge in [0.25, 0.3) is 4.99 Å². The molecule has 2 aromatic rings. The number of hydrazine groups is 1. The van der Waals surface area contributed by atoms with Crippen molar-refractivity contribution in [3.63, 3.8) is 0 Å². The van der Waals surface area contributed by atoms with Crippen LogP contribution in [-0.4, -0.2) is 12.4 Å². The van der Waals surface area contributed by atoms with Gasteiger partial charge in [0.15, 0.2) is 0 Å². The number of nitrogens with zero attached hydrogens (tertiary/aromatic N) is 4. The number of benzene rings is 2. The number of hydrogen-bond donors (Lipinski definition) is 5. The Morgan fingerprint density at radius 2 is 1.62 bits per heavy atom. The van der Waals surface area contributed by atoms with Gasteiger partial charge in [0, 0.05) is 16.9 Å². The van der Waals surface area contributed by atoms with Crippen molar-refractivity contribution in [1.29, 1.82) is 0 Å². The number of hydrogen-bond acceptors (Lipinski definition) is 8. The molecule has 10 nitrogen and oxygen atoms in total. The number of thiol groups is 1. The summed E-state index contributed by atoms with van der Waals surface area (Å²) in [7, 11) is 0. The zero-order chi connectivity index (χ0) is 18.4. The molecule has 3 amide bonds. The molecular weight excluding hydrogens is 356 g/mol. The van der Waals surface area contributed by atoms with Gasteiger partial charge in [0.2, 0.25) is 6.41 Å². The van der Waals surface area contributed by atoms with E-state index in [2.05, 4.69) is 54.8 Å². The Labute approximate surface area is 153 Å². The Bertz CT molecular complexity index is 856. The van der Waals surface area contributed by atoms with Crippen LogP contribution in [0.3, 0.4) is 0 Å². The fraction of sp³-hybridized carbons (Fsp3) is 0.0667. The third-order valence-corrected chi connectivity index (χ3v) is 3.77. The maximum atomic E-state index is 12.2. The van der Waals surface area contributed by atoms with Gasteiger partial charge in [-0.1, -0.05) is 12.1 Å². The molecule has 26 heavy (non-hydrogen) atoms. The van der Waals surface area contributed by atoms with Gasteiger partial charge in [-0.25, -0.2) is 4.79 Å². The monoisotopic (exact) mass is 370 g/mol. The Hall–Kier alpha value is -3.47. The summed E-state index contributed by atoms with van der Waals surface area (Å²) in [4.78, 5) is 21.2. The molecule has 4 N–H and O–H groups in total. The molecule has 0 atom stereocenters. The summed E-state index contributed by atoms with van der Waals surface area (Å²) in [5, 5.41) is 20.0. The smallest absolute Gasteiger partial charge is 0.308 e. The summed E-state index contributed by atoms with van der Waals surface area (Å²) in [6.45, 7) is 0. The molecule has 3 rings (SSSR count). The van der Waals surface area contributed by atoms with Crippen LogP contribution in [0.2, 0.25) is 0 Å². The fourth-order valence-electron chi connectivity index (χ4n) is 2.15. The molecule has 0 saturated carbocycles. The standard InChI is InChI=1S/C15H14N8O2S/c24-9-16-19-12-6-4-11(5-7-12)17-14(25)18-13-3-1-2-10(8-13)15(26)20-22-23-21-15/h1-9,19,26H,(H,16,24)(H2,17,18,25). The van der Waals surface area contributed by atoms with Crippen molar-refractivity contribution in [3.8, 4) is 0 Å². The van der Waals surface area contributed by atoms with Crippen LogP contribution in [0.25, 0.3) is 0 Å². The number of amides is 3. The minimum atomic E-state index is -1.17. The van der Waals surface area contributed by atoms with E-state index in [0.29, 0.717) is 29.0 Å². The van der Waals surface area contributed by atoms with E-state index in [1.807, 2.05) is 0 Å². The number of anilines is 3. The summed E-state index contributed by atoms with van der Waals surface area (Å²) in [6.07, 6.45) is 0.525. The highest BCUT2D eigenvalue weighted by Gasteiger charge is 2.30. The van der Waals surface area contributed by atoms with Gasteiger partial charge in [0.1, 0.15) is 0 Å². The molecule has 0 spiro atoms. The van der Waals surface area contributed by atoms with E-state index in [4.69, 9.17) is 0 Å². The van der Waals surface area contributed by atoms with E-state index in [1.54, 1.807) is 48.5 Å². The second-order valence-corrected chi connectivity index (χ2v) is 5.76.